The second kappa shape index (κ2) is 7.98. The Morgan fingerprint density at radius 3 is 2.75 bits per heavy atom. The SMILES string of the molecule is CC(C)N(CCCO)CC(=O)Nc1sccc1C(N)=O. The third-order valence-corrected chi connectivity index (χ3v) is 3.69. The molecule has 1 rings (SSSR count). The van der Waals surface area contributed by atoms with Crippen molar-refractivity contribution in [2.75, 3.05) is 25.0 Å². The summed E-state index contributed by atoms with van der Waals surface area (Å²) in [4.78, 5) is 25.1. The summed E-state index contributed by atoms with van der Waals surface area (Å²) in [7, 11) is 0. The average molecular weight is 299 g/mol. The van der Waals surface area contributed by atoms with Gasteiger partial charge in [0.25, 0.3) is 5.91 Å². The minimum atomic E-state index is -0.553. The Morgan fingerprint density at radius 2 is 2.20 bits per heavy atom. The number of aliphatic hydroxyl groups excluding tert-OH is 1. The number of carbonyl (C=O) groups excluding carboxylic acids is 2. The molecule has 20 heavy (non-hydrogen) atoms. The fourth-order valence-electron chi connectivity index (χ4n) is 1.74. The van der Waals surface area contributed by atoms with Gasteiger partial charge in [-0.2, -0.15) is 0 Å². The van der Waals surface area contributed by atoms with Gasteiger partial charge in [0.05, 0.1) is 12.1 Å². The predicted octanol–water partition coefficient (Wildman–Crippen LogP) is 0.878. The molecule has 0 saturated heterocycles. The van der Waals surface area contributed by atoms with Crippen LogP contribution in [0.3, 0.4) is 0 Å². The maximum atomic E-state index is 12.0. The summed E-state index contributed by atoms with van der Waals surface area (Å²) in [6, 6.07) is 1.79. The molecule has 0 aliphatic carbocycles. The summed E-state index contributed by atoms with van der Waals surface area (Å²) >= 11 is 1.27. The van der Waals surface area contributed by atoms with Gasteiger partial charge in [-0.3, -0.25) is 14.5 Å². The summed E-state index contributed by atoms with van der Waals surface area (Å²) < 4.78 is 0. The number of primary amides is 1. The van der Waals surface area contributed by atoms with Crippen LogP contribution >= 0.6 is 11.3 Å². The fourth-order valence-corrected chi connectivity index (χ4v) is 2.55. The van der Waals surface area contributed by atoms with Crippen molar-refractivity contribution in [3.8, 4) is 0 Å². The van der Waals surface area contributed by atoms with Gasteiger partial charge in [-0.05, 0) is 31.7 Å². The molecule has 0 unspecified atom stereocenters. The third-order valence-electron chi connectivity index (χ3n) is 2.86. The van der Waals surface area contributed by atoms with Gasteiger partial charge in [0.2, 0.25) is 5.91 Å². The lowest BCUT2D eigenvalue weighted by atomic mass is 10.2. The van der Waals surface area contributed by atoms with Gasteiger partial charge in [-0.15, -0.1) is 11.3 Å². The molecule has 0 bridgehead atoms. The van der Waals surface area contributed by atoms with Gasteiger partial charge in [-0.25, -0.2) is 0 Å². The molecule has 0 saturated carbocycles. The largest absolute Gasteiger partial charge is 0.396 e. The normalized spacial score (nSPS) is 11.1. The number of nitrogens with one attached hydrogen (secondary N) is 1. The van der Waals surface area contributed by atoms with Crippen molar-refractivity contribution in [3.63, 3.8) is 0 Å². The number of nitrogens with two attached hydrogens (primary N) is 1. The van der Waals surface area contributed by atoms with E-state index in [1.54, 1.807) is 11.4 Å². The minimum absolute atomic E-state index is 0.0988. The molecule has 112 valence electrons. The minimum Gasteiger partial charge on any atom is -0.396 e. The smallest absolute Gasteiger partial charge is 0.251 e. The first-order valence-electron chi connectivity index (χ1n) is 6.47. The van der Waals surface area contributed by atoms with Crippen molar-refractivity contribution >= 4 is 28.2 Å². The first-order chi connectivity index (χ1) is 9.45. The molecule has 0 atom stereocenters. The second-order valence-electron chi connectivity index (χ2n) is 4.72. The highest BCUT2D eigenvalue weighted by Crippen LogP contribution is 2.22. The zero-order valence-corrected chi connectivity index (χ0v) is 12.6. The van der Waals surface area contributed by atoms with Crippen LogP contribution in [0.25, 0.3) is 0 Å². The number of thiophene rings is 1. The molecule has 0 spiro atoms. The Labute approximate surface area is 122 Å². The molecule has 0 radical (unpaired) electrons. The lowest BCUT2D eigenvalue weighted by molar-refractivity contribution is -0.117. The van der Waals surface area contributed by atoms with E-state index in [-0.39, 0.29) is 25.1 Å². The molecular weight excluding hydrogens is 278 g/mol. The number of anilines is 1. The second-order valence-corrected chi connectivity index (χ2v) is 5.63. The predicted molar refractivity (Wildman–Crippen MR) is 79.9 cm³/mol. The van der Waals surface area contributed by atoms with E-state index in [0.717, 1.165) is 0 Å². The van der Waals surface area contributed by atoms with Gasteiger partial charge in [-0.1, -0.05) is 0 Å². The van der Waals surface area contributed by atoms with E-state index in [1.807, 2.05) is 18.7 Å². The molecule has 1 aromatic rings. The summed E-state index contributed by atoms with van der Waals surface area (Å²) in [5.41, 5.74) is 5.56. The van der Waals surface area contributed by atoms with Gasteiger partial charge in [0, 0.05) is 19.2 Å². The molecule has 0 aliphatic heterocycles. The van der Waals surface area contributed by atoms with Gasteiger partial charge in [0.1, 0.15) is 5.00 Å². The van der Waals surface area contributed by atoms with Crippen LogP contribution in [-0.4, -0.2) is 47.6 Å². The lowest BCUT2D eigenvalue weighted by Gasteiger charge is -2.25. The molecule has 7 heteroatoms. The molecule has 1 heterocycles. The summed E-state index contributed by atoms with van der Waals surface area (Å²) in [6.07, 6.45) is 0.622. The van der Waals surface area contributed by atoms with E-state index in [9.17, 15) is 9.59 Å². The van der Waals surface area contributed by atoms with Crippen LogP contribution in [0.5, 0.6) is 0 Å². The molecular formula is C13H21N3O3S. The molecule has 4 N–H and O–H groups in total. The van der Waals surface area contributed by atoms with E-state index in [0.29, 0.717) is 23.5 Å². The molecule has 6 nitrogen and oxygen atoms in total. The molecule has 1 aromatic heterocycles. The number of rotatable bonds is 8. The van der Waals surface area contributed by atoms with E-state index in [1.165, 1.54) is 11.3 Å². The van der Waals surface area contributed by atoms with E-state index in [2.05, 4.69) is 5.32 Å². The number of nitrogens with zero attached hydrogens (tertiary/aromatic N) is 1. The molecule has 2 amide bonds. The van der Waals surface area contributed by atoms with Gasteiger partial charge < -0.3 is 16.2 Å². The average Bonchev–Trinajstić information content (AvgIpc) is 2.82. The van der Waals surface area contributed by atoms with E-state index in [4.69, 9.17) is 10.8 Å². The molecule has 0 aromatic carbocycles. The third kappa shape index (κ3) is 4.92. The van der Waals surface area contributed by atoms with Crippen molar-refractivity contribution in [2.24, 2.45) is 5.73 Å². The Kier molecular flexibility index (Phi) is 6.63. The van der Waals surface area contributed by atoms with E-state index < -0.39 is 5.91 Å². The molecule has 0 fully saturated rings. The van der Waals surface area contributed by atoms with E-state index >= 15 is 0 Å². The van der Waals surface area contributed by atoms with Crippen LogP contribution in [0.4, 0.5) is 5.00 Å². The van der Waals surface area contributed by atoms with Crippen molar-refractivity contribution in [1.82, 2.24) is 4.90 Å². The first-order valence-corrected chi connectivity index (χ1v) is 7.35. The van der Waals surface area contributed by atoms with Crippen LogP contribution < -0.4 is 11.1 Å². The van der Waals surface area contributed by atoms with Crippen LogP contribution in [0.1, 0.15) is 30.6 Å². The maximum absolute atomic E-state index is 12.0. The number of amides is 2. The van der Waals surface area contributed by atoms with Gasteiger partial charge >= 0.3 is 0 Å². The summed E-state index contributed by atoms with van der Waals surface area (Å²) in [6.45, 7) is 4.94. The number of hydrogen-bond acceptors (Lipinski definition) is 5. The number of aliphatic hydroxyl groups is 1. The summed E-state index contributed by atoms with van der Waals surface area (Å²) in [5.74, 6) is -0.746. The first kappa shape index (κ1) is 16.6. The Morgan fingerprint density at radius 1 is 1.50 bits per heavy atom. The number of carbonyl (C=O) groups is 2. The monoisotopic (exact) mass is 299 g/mol. The molecule has 0 aliphatic rings. The van der Waals surface area contributed by atoms with Crippen LogP contribution in [0.2, 0.25) is 0 Å². The van der Waals surface area contributed by atoms with Crippen LogP contribution in [0, 0.1) is 0 Å². The van der Waals surface area contributed by atoms with Gasteiger partial charge in [0.15, 0.2) is 0 Å². The zero-order valence-electron chi connectivity index (χ0n) is 11.8. The van der Waals surface area contributed by atoms with Crippen molar-refractivity contribution in [2.45, 2.75) is 26.3 Å². The van der Waals surface area contributed by atoms with Crippen molar-refractivity contribution in [1.29, 1.82) is 0 Å². The lowest BCUT2D eigenvalue weighted by Crippen LogP contribution is -2.39. The van der Waals surface area contributed by atoms with Crippen LogP contribution in [0.15, 0.2) is 11.4 Å². The Hall–Kier alpha value is -1.44. The van der Waals surface area contributed by atoms with Crippen LogP contribution in [-0.2, 0) is 4.79 Å². The zero-order chi connectivity index (χ0) is 15.1. The maximum Gasteiger partial charge on any atom is 0.251 e. The highest BCUT2D eigenvalue weighted by atomic mass is 32.1. The highest BCUT2D eigenvalue weighted by Gasteiger charge is 2.16. The Balaban J connectivity index is 2.61. The fraction of sp³-hybridized carbons (Fsp3) is 0.538. The van der Waals surface area contributed by atoms with Crippen molar-refractivity contribution in [3.05, 3.63) is 17.0 Å². The quantitative estimate of drug-likeness (QED) is 0.664. The highest BCUT2D eigenvalue weighted by molar-refractivity contribution is 7.14. The Bertz CT molecular complexity index is 459. The summed E-state index contributed by atoms with van der Waals surface area (Å²) in [5, 5.41) is 13.8. The van der Waals surface area contributed by atoms with Crippen molar-refractivity contribution < 1.29 is 14.7 Å². The number of hydrogen-bond donors (Lipinski definition) is 3. The standard InChI is InChI=1S/C13H21N3O3S/c1-9(2)16(5-3-6-17)8-11(18)15-13-10(12(14)19)4-7-20-13/h4,7,9,17H,3,5-6,8H2,1-2H3,(H2,14,19)(H,15,18). The topological polar surface area (TPSA) is 95.7 Å².